The molecule has 8 heteroatoms. The van der Waals surface area contributed by atoms with Gasteiger partial charge in [0.25, 0.3) is 0 Å². The lowest BCUT2D eigenvalue weighted by Crippen LogP contribution is -2.26. The van der Waals surface area contributed by atoms with Crippen molar-refractivity contribution >= 4 is 11.6 Å². The molecule has 0 atom stereocenters. The number of benzene rings is 1. The monoisotopic (exact) mass is 395 g/mol. The molecule has 0 aliphatic carbocycles. The van der Waals surface area contributed by atoms with Gasteiger partial charge in [-0.1, -0.05) is 6.07 Å². The Labute approximate surface area is 168 Å². The first-order chi connectivity index (χ1) is 13.8. The van der Waals surface area contributed by atoms with Gasteiger partial charge < -0.3 is 9.64 Å². The number of amides is 1. The van der Waals surface area contributed by atoms with Crippen LogP contribution in [0.5, 0.6) is 5.75 Å². The van der Waals surface area contributed by atoms with Gasteiger partial charge in [0.1, 0.15) is 11.6 Å². The molecule has 1 amide bonds. The van der Waals surface area contributed by atoms with E-state index in [0.717, 1.165) is 17.0 Å². The summed E-state index contributed by atoms with van der Waals surface area (Å²) in [7, 11) is 3.10. The van der Waals surface area contributed by atoms with Gasteiger partial charge >= 0.3 is 0 Å². The Balaban J connectivity index is 1.70. The van der Waals surface area contributed by atoms with Crippen molar-refractivity contribution in [3.63, 3.8) is 0 Å². The number of hydrogen-bond acceptors (Lipinski definition) is 5. The number of fused-ring (bicyclic) bond motifs is 1. The first kappa shape index (κ1) is 20.3. The normalized spacial score (nSPS) is 10.8. The van der Waals surface area contributed by atoms with Crippen molar-refractivity contribution in [2.75, 3.05) is 14.2 Å². The van der Waals surface area contributed by atoms with E-state index in [1.807, 2.05) is 13.8 Å². The van der Waals surface area contributed by atoms with Gasteiger partial charge in [0.15, 0.2) is 17.2 Å². The molecule has 7 nitrogen and oxygen atoms in total. The summed E-state index contributed by atoms with van der Waals surface area (Å²) in [5.74, 6) is -0.333. The highest BCUT2D eigenvalue weighted by molar-refractivity contribution is 5.76. The number of rotatable bonds is 6. The quantitative estimate of drug-likeness (QED) is 0.641. The summed E-state index contributed by atoms with van der Waals surface area (Å²) >= 11 is 0. The Hall–Kier alpha value is -3.47. The summed E-state index contributed by atoms with van der Waals surface area (Å²) in [6.07, 6.45) is 2.28. The number of carbonyl (C=O) groups is 1. The highest BCUT2D eigenvalue weighted by Gasteiger charge is 2.16. The fourth-order valence-corrected chi connectivity index (χ4v) is 3.34. The number of ether oxygens (including phenoxy) is 1. The first-order valence-corrected chi connectivity index (χ1v) is 9.16. The maximum absolute atomic E-state index is 13.9. The second-order valence-corrected chi connectivity index (χ2v) is 6.89. The lowest BCUT2D eigenvalue weighted by molar-refractivity contribution is -0.130. The number of nitrogens with zero attached hydrogens (tertiary/aromatic N) is 5. The van der Waals surface area contributed by atoms with Crippen molar-refractivity contribution in [1.29, 1.82) is 5.26 Å². The van der Waals surface area contributed by atoms with Crippen molar-refractivity contribution in [3.8, 4) is 11.8 Å². The first-order valence-electron chi connectivity index (χ1n) is 9.16. The number of hydrogen-bond donors (Lipinski definition) is 0. The highest BCUT2D eigenvalue weighted by atomic mass is 19.1. The topological polar surface area (TPSA) is 83.5 Å². The second kappa shape index (κ2) is 8.27. The minimum absolute atomic E-state index is 0.0571. The lowest BCUT2D eigenvalue weighted by atomic mass is 10.1. The van der Waals surface area contributed by atoms with E-state index in [2.05, 4.69) is 16.2 Å². The minimum Gasteiger partial charge on any atom is -0.494 e. The van der Waals surface area contributed by atoms with E-state index in [0.29, 0.717) is 29.7 Å². The van der Waals surface area contributed by atoms with E-state index in [1.165, 1.54) is 19.4 Å². The van der Waals surface area contributed by atoms with Crippen LogP contribution in [0.1, 0.15) is 34.5 Å². The van der Waals surface area contributed by atoms with Gasteiger partial charge in [-0.3, -0.25) is 4.79 Å². The zero-order valence-corrected chi connectivity index (χ0v) is 16.9. The number of halogens is 1. The zero-order chi connectivity index (χ0) is 21.1. The second-order valence-electron chi connectivity index (χ2n) is 6.89. The summed E-state index contributed by atoms with van der Waals surface area (Å²) in [6, 6.07) is 6.75. The van der Waals surface area contributed by atoms with Crippen LogP contribution in [0, 0.1) is 31.0 Å². The molecule has 0 radical (unpaired) electrons. The van der Waals surface area contributed by atoms with Crippen LogP contribution in [0.15, 0.2) is 24.4 Å². The van der Waals surface area contributed by atoms with Crippen molar-refractivity contribution in [1.82, 2.24) is 19.5 Å². The largest absolute Gasteiger partial charge is 0.494 e. The molecule has 2 aromatic heterocycles. The third-order valence-electron chi connectivity index (χ3n) is 4.98. The van der Waals surface area contributed by atoms with Crippen LogP contribution in [0.4, 0.5) is 4.39 Å². The van der Waals surface area contributed by atoms with E-state index in [9.17, 15) is 9.18 Å². The average molecular weight is 395 g/mol. The molecule has 0 aliphatic rings. The molecule has 0 saturated heterocycles. The van der Waals surface area contributed by atoms with Crippen molar-refractivity contribution in [3.05, 3.63) is 58.3 Å². The van der Waals surface area contributed by atoms with Crippen molar-refractivity contribution in [2.24, 2.45) is 0 Å². The molecule has 3 aromatic rings. The van der Waals surface area contributed by atoms with E-state index in [4.69, 9.17) is 10.00 Å². The van der Waals surface area contributed by atoms with Crippen LogP contribution in [0.2, 0.25) is 0 Å². The molecule has 0 N–H and O–H groups in total. The molecule has 0 bridgehead atoms. The molecule has 0 spiro atoms. The SMILES string of the molecule is COc1ccc(CN(C)C(=O)CCc2c(C)nc3c(C#N)cnn3c2C)cc1F. The lowest BCUT2D eigenvalue weighted by Gasteiger charge is -2.18. The van der Waals surface area contributed by atoms with Gasteiger partial charge in [-0.05, 0) is 43.5 Å². The highest BCUT2D eigenvalue weighted by Crippen LogP contribution is 2.20. The molecule has 2 heterocycles. The molecule has 150 valence electrons. The maximum Gasteiger partial charge on any atom is 0.222 e. The summed E-state index contributed by atoms with van der Waals surface area (Å²) in [6.45, 7) is 4.07. The summed E-state index contributed by atoms with van der Waals surface area (Å²) in [4.78, 5) is 18.6. The Morgan fingerprint density at radius 3 is 2.79 bits per heavy atom. The number of methoxy groups -OCH3 is 1. The molecule has 0 saturated carbocycles. The average Bonchev–Trinajstić information content (AvgIpc) is 3.10. The van der Waals surface area contributed by atoms with Gasteiger partial charge in [-0.25, -0.2) is 13.9 Å². The zero-order valence-electron chi connectivity index (χ0n) is 16.9. The Kier molecular flexibility index (Phi) is 5.78. The number of aromatic nitrogens is 3. The molecule has 0 aliphatic heterocycles. The standard InChI is InChI=1S/C21H22FN5O2/c1-13-17(14(2)27-21(25-13)16(10-23)11-24-27)6-8-20(28)26(3)12-15-5-7-19(29-4)18(22)9-15/h5,7,9,11H,6,8,12H2,1-4H3. The molecule has 0 unspecified atom stereocenters. The van der Waals surface area contributed by atoms with Gasteiger partial charge in [0.05, 0.1) is 13.3 Å². The summed E-state index contributed by atoms with van der Waals surface area (Å²) < 4.78 is 20.4. The predicted octanol–water partition coefficient (Wildman–Crippen LogP) is 2.96. The predicted molar refractivity (Wildman–Crippen MR) is 105 cm³/mol. The Morgan fingerprint density at radius 2 is 2.14 bits per heavy atom. The van der Waals surface area contributed by atoms with Crippen LogP contribution < -0.4 is 4.74 Å². The van der Waals surface area contributed by atoms with Crippen LogP contribution in [0.3, 0.4) is 0 Å². The van der Waals surface area contributed by atoms with E-state index in [-0.39, 0.29) is 18.1 Å². The van der Waals surface area contributed by atoms with Crippen LogP contribution in [-0.2, 0) is 17.8 Å². The third kappa shape index (κ3) is 4.04. The summed E-state index contributed by atoms with van der Waals surface area (Å²) in [5, 5.41) is 13.4. The number of aryl methyl sites for hydroxylation is 2. The maximum atomic E-state index is 13.9. The van der Waals surface area contributed by atoms with Crippen molar-refractivity contribution < 1.29 is 13.9 Å². The van der Waals surface area contributed by atoms with E-state index < -0.39 is 5.82 Å². The minimum atomic E-state index is -0.451. The van der Waals surface area contributed by atoms with E-state index in [1.54, 1.807) is 28.6 Å². The fraction of sp³-hybridized carbons (Fsp3) is 0.333. The van der Waals surface area contributed by atoms with Crippen molar-refractivity contribution in [2.45, 2.75) is 33.2 Å². The summed E-state index contributed by atoms with van der Waals surface area (Å²) in [5.41, 5.74) is 4.21. The number of nitriles is 1. The molecule has 3 rings (SSSR count). The Morgan fingerprint density at radius 1 is 1.38 bits per heavy atom. The molecule has 0 fully saturated rings. The van der Waals surface area contributed by atoms with Crippen LogP contribution in [-0.4, -0.2) is 39.6 Å². The Bertz CT molecular complexity index is 1120. The molecular formula is C21H22FN5O2. The fourth-order valence-electron chi connectivity index (χ4n) is 3.34. The number of carbonyl (C=O) groups excluding carboxylic acids is 1. The van der Waals surface area contributed by atoms with Gasteiger partial charge in [-0.2, -0.15) is 10.4 Å². The van der Waals surface area contributed by atoms with Gasteiger partial charge in [0.2, 0.25) is 5.91 Å². The van der Waals surface area contributed by atoms with E-state index >= 15 is 0 Å². The third-order valence-corrected chi connectivity index (χ3v) is 4.98. The smallest absolute Gasteiger partial charge is 0.222 e. The van der Waals surface area contributed by atoms with Crippen LogP contribution >= 0.6 is 0 Å². The van der Waals surface area contributed by atoms with Gasteiger partial charge in [-0.15, -0.1) is 0 Å². The van der Waals surface area contributed by atoms with Crippen LogP contribution in [0.25, 0.3) is 5.65 Å². The molecular weight excluding hydrogens is 373 g/mol. The van der Waals surface area contributed by atoms with Gasteiger partial charge in [0, 0.05) is 31.4 Å². The molecule has 1 aromatic carbocycles. The molecule has 29 heavy (non-hydrogen) atoms.